The molecule has 1 aliphatic heterocycles. The van der Waals surface area contributed by atoms with Crippen molar-refractivity contribution in [2.75, 3.05) is 20.7 Å². The highest BCUT2D eigenvalue weighted by Gasteiger charge is 2.49. The highest BCUT2D eigenvalue weighted by Crippen LogP contribution is 2.50. The molecule has 1 heterocycles. The van der Waals surface area contributed by atoms with Crippen LogP contribution in [-0.2, 0) is 14.4 Å². The second-order valence-corrected chi connectivity index (χ2v) is 8.92. The lowest BCUT2D eigenvalue weighted by Crippen LogP contribution is -2.46. The second-order valence-electron chi connectivity index (χ2n) is 7.65. The monoisotopic (exact) mass is 500 g/mol. The van der Waals surface area contributed by atoms with Gasteiger partial charge in [-0.05, 0) is 43.5 Å². The summed E-state index contributed by atoms with van der Waals surface area (Å²) in [4.78, 5) is 16.3. The van der Waals surface area contributed by atoms with E-state index in [2.05, 4.69) is 20.7 Å². The molecule has 2 atom stereocenters. The number of ether oxygens (including phenoxy) is 1. The molecule has 1 amide bonds. The first-order valence-electron chi connectivity index (χ1n) is 10.9. The minimum absolute atomic E-state index is 0.0209. The maximum atomic E-state index is 14.7. The Morgan fingerprint density at radius 2 is 2.06 bits per heavy atom. The standard InChI is InChI=1S/C24H26F2N6O2S/c1-16(34-3)22(33)32-24(17-8-5-4-6-9-17,12-7-13-29-23(28-2)30-15-27)35-21(31-32)19-14-18(25)10-11-20(19)26/h4-6,8-11,14,16H,7,12-13H2,1-3H3,(H2,28,29,30)/t16-,24+/m0/s1. The van der Waals surface area contributed by atoms with Crippen LogP contribution in [0.15, 0.2) is 58.6 Å². The predicted molar refractivity (Wildman–Crippen MR) is 131 cm³/mol. The van der Waals surface area contributed by atoms with Gasteiger partial charge < -0.3 is 10.1 Å². The van der Waals surface area contributed by atoms with Crippen LogP contribution in [0.2, 0.25) is 0 Å². The predicted octanol–water partition coefficient (Wildman–Crippen LogP) is 3.52. The Labute approximate surface area is 207 Å². The summed E-state index contributed by atoms with van der Waals surface area (Å²) in [5.41, 5.74) is 0.754. The molecule has 0 aromatic heterocycles. The minimum Gasteiger partial charge on any atom is -0.372 e. The van der Waals surface area contributed by atoms with Crippen molar-refractivity contribution in [1.82, 2.24) is 15.6 Å². The van der Waals surface area contributed by atoms with Crippen LogP contribution in [0.4, 0.5) is 8.78 Å². The van der Waals surface area contributed by atoms with Crippen molar-refractivity contribution < 1.29 is 18.3 Å². The molecule has 184 valence electrons. The number of amides is 1. The Morgan fingerprint density at radius 1 is 1.31 bits per heavy atom. The highest BCUT2D eigenvalue weighted by atomic mass is 32.2. The van der Waals surface area contributed by atoms with Crippen molar-refractivity contribution in [3.05, 3.63) is 71.3 Å². The molecule has 0 saturated heterocycles. The van der Waals surface area contributed by atoms with E-state index in [9.17, 15) is 13.6 Å². The summed E-state index contributed by atoms with van der Waals surface area (Å²) in [5.74, 6) is -1.34. The van der Waals surface area contributed by atoms with Gasteiger partial charge in [-0.1, -0.05) is 42.1 Å². The maximum absolute atomic E-state index is 14.7. The van der Waals surface area contributed by atoms with E-state index in [1.807, 2.05) is 36.5 Å². The Morgan fingerprint density at radius 3 is 2.71 bits per heavy atom. The van der Waals surface area contributed by atoms with Gasteiger partial charge in [0, 0.05) is 26.3 Å². The molecular formula is C24H26F2N6O2S. The van der Waals surface area contributed by atoms with Crippen molar-refractivity contribution in [3.63, 3.8) is 0 Å². The highest BCUT2D eigenvalue weighted by molar-refractivity contribution is 8.15. The van der Waals surface area contributed by atoms with Gasteiger partial charge in [0.15, 0.2) is 6.19 Å². The number of nitrogens with zero attached hydrogens (tertiary/aromatic N) is 4. The third-order valence-corrected chi connectivity index (χ3v) is 6.92. The molecule has 0 aliphatic carbocycles. The normalized spacial score (nSPS) is 18.6. The third-order valence-electron chi connectivity index (χ3n) is 5.48. The molecule has 2 aromatic rings. The molecule has 0 spiro atoms. The molecule has 0 radical (unpaired) electrons. The molecular weight excluding hydrogens is 474 g/mol. The molecule has 0 fully saturated rings. The van der Waals surface area contributed by atoms with E-state index in [4.69, 9.17) is 10.00 Å². The van der Waals surface area contributed by atoms with Crippen LogP contribution in [0.1, 0.15) is 30.9 Å². The van der Waals surface area contributed by atoms with E-state index >= 15 is 0 Å². The zero-order chi connectivity index (χ0) is 25.4. The molecule has 11 heteroatoms. The van der Waals surface area contributed by atoms with Gasteiger partial charge in [-0.2, -0.15) is 10.4 Å². The number of carbonyl (C=O) groups excluding carboxylic acids is 1. The summed E-state index contributed by atoms with van der Waals surface area (Å²) < 4.78 is 34.0. The Hall–Kier alpha value is -3.49. The summed E-state index contributed by atoms with van der Waals surface area (Å²) in [6.07, 6.45) is 1.94. The van der Waals surface area contributed by atoms with Gasteiger partial charge in [0.1, 0.15) is 27.7 Å². The quantitative estimate of drug-likeness (QED) is 0.189. The largest absolute Gasteiger partial charge is 0.372 e. The number of benzene rings is 2. The number of hydrogen-bond donors (Lipinski definition) is 2. The van der Waals surface area contributed by atoms with Gasteiger partial charge >= 0.3 is 0 Å². The number of aliphatic imine (C=N–C) groups is 1. The van der Waals surface area contributed by atoms with E-state index in [0.29, 0.717) is 25.3 Å². The Balaban J connectivity index is 2.01. The van der Waals surface area contributed by atoms with Crippen LogP contribution in [0.3, 0.4) is 0 Å². The van der Waals surface area contributed by atoms with Crippen LogP contribution < -0.4 is 10.6 Å². The van der Waals surface area contributed by atoms with Crippen molar-refractivity contribution >= 4 is 28.7 Å². The number of hydrazone groups is 1. The first kappa shape index (κ1) is 26.1. The number of guanidine groups is 1. The number of halogens is 2. The first-order chi connectivity index (χ1) is 16.9. The van der Waals surface area contributed by atoms with Crippen LogP contribution in [-0.4, -0.2) is 48.7 Å². The summed E-state index contributed by atoms with van der Waals surface area (Å²) >= 11 is 1.19. The zero-order valence-electron chi connectivity index (χ0n) is 19.6. The minimum atomic E-state index is -1.03. The fourth-order valence-electron chi connectivity index (χ4n) is 3.61. The van der Waals surface area contributed by atoms with Gasteiger partial charge in [0.05, 0.1) is 0 Å². The zero-order valence-corrected chi connectivity index (χ0v) is 20.4. The molecule has 2 N–H and O–H groups in total. The van der Waals surface area contributed by atoms with Crippen molar-refractivity contribution in [2.24, 2.45) is 10.1 Å². The number of rotatable bonds is 8. The number of hydrogen-bond acceptors (Lipinski definition) is 6. The summed E-state index contributed by atoms with van der Waals surface area (Å²) in [6, 6.07) is 12.4. The average Bonchev–Trinajstić information content (AvgIpc) is 3.27. The van der Waals surface area contributed by atoms with E-state index in [0.717, 1.165) is 23.8 Å². The number of methoxy groups -OCH3 is 1. The summed E-state index contributed by atoms with van der Waals surface area (Å²) in [5, 5.41) is 20.3. The molecule has 0 saturated carbocycles. The number of carbonyl (C=O) groups is 1. The molecule has 2 aromatic carbocycles. The second kappa shape index (κ2) is 11.8. The molecule has 0 unspecified atom stereocenters. The summed E-state index contributed by atoms with van der Waals surface area (Å²) in [7, 11) is 2.97. The van der Waals surface area contributed by atoms with Gasteiger partial charge in [0.25, 0.3) is 5.91 Å². The van der Waals surface area contributed by atoms with Gasteiger partial charge in [0.2, 0.25) is 5.96 Å². The number of nitrogens with one attached hydrogen (secondary N) is 2. The van der Waals surface area contributed by atoms with Crippen molar-refractivity contribution in [1.29, 1.82) is 5.26 Å². The topological polar surface area (TPSA) is 102 Å². The molecule has 8 nitrogen and oxygen atoms in total. The lowest BCUT2D eigenvalue weighted by Gasteiger charge is -2.37. The average molecular weight is 501 g/mol. The van der Waals surface area contributed by atoms with Gasteiger partial charge in [-0.25, -0.2) is 13.8 Å². The maximum Gasteiger partial charge on any atom is 0.273 e. The molecule has 3 rings (SSSR count). The first-order valence-corrected chi connectivity index (χ1v) is 11.7. The number of nitriles is 1. The van der Waals surface area contributed by atoms with Crippen LogP contribution in [0, 0.1) is 23.1 Å². The van der Waals surface area contributed by atoms with E-state index in [1.54, 1.807) is 14.0 Å². The van der Waals surface area contributed by atoms with E-state index < -0.39 is 28.5 Å². The molecule has 1 aliphatic rings. The van der Waals surface area contributed by atoms with Gasteiger partial charge in [-0.3, -0.25) is 15.1 Å². The van der Waals surface area contributed by atoms with Crippen LogP contribution >= 0.6 is 11.8 Å². The fraction of sp³-hybridized carbons (Fsp3) is 0.333. The Bertz CT molecular complexity index is 1150. The van der Waals surface area contributed by atoms with Gasteiger partial charge in [-0.15, -0.1) is 0 Å². The van der Waals surface area contributed by atoms with Crippen molar-refractivity contribution in [2.45, 2.75) is 30.7 Å². The summed E-state index contributed by atoms with van der Waals surface area (Å²) in [6.45, 7) is 2.04. The van der Waals surface area contributed by atoms with E-state index in [-0.39, 0.29) is 10.6 Å². The van der Waals surface area contributed by atoms with E-state index in [1.165, 1.54) is 23.9 Å². The van der Waals surface area contributed by atoms with Crippen LogP contribution in [0.5, 0.6) is 0 Å². The third kappa shape index (κ3) is 5.78. The molecule has 0 bridgehead atoms. The SMILES string of the molecule is CN=C(NC#N)NCCC[C@]1(c2ccccc2)SC(c2cc(F)ccc2F)=NN1C(=O)[C@H](C)OC. The fourth-order valence-corrected chi connectivity index (χ4v) is 5.04. The Kier molecular flexibility index (Phi) is 8.78. The lowest BCUT2D eigenvalue weighted by molar-refractivity contribution is -0.144. The lowest BCUT2D eigenvalue weighted by atomic mass is 9.99. The van der Waals surface area contributed by atoms with Crippen molar-refractivity contribution in [3.8, 4) is 6.19 Å². The molecule has 35 heavy (non-hydrogen) atoms. The smallest absolute Gasteiger partial charge is 0.273 e. The number of thioether (sulfide) groups is 1. The van der Waals surface area contributed by atoms with Crippen LogP contribution in [0.25, 0.3) is 0 Å².